The number of aryl methyl sites for hydroxylation is 1. The number of carbonyl (C=O) groups is 1. The molecule has 0 bridgehead atoms. The van der Waals surface area contributed by atoms with Crippen molar-refractivity contribution < 1.29 is 4.79 Å². The van der Waals surface area contributed by atoms with Crippen molar-refractivity contribution in [3.05, 3.63) is 52.5 Å². The number of aromatic nitrogens is 1. The van der Waals surface area contributed by atoms with Crippen LogP contribution < -0.4 is 16.0 Å². The van der Waals surface area contributed by atoms with Gasteiger partial charge in [-0.3, -0.25) is 4.79 Å². The number of nitrogen functional groups attached to an aromatic ring is 1. The maximum absolute atomic E-state index is 12.6. The number of rotatable bonds is 6. The number of nitrogens with two attached hydrogens (primary N) is 1. The topological polar surface area (TPSA) is 74.5 Å². The van der Waals surface area contributed by atoms with E-state index in [9.17, 15) is 4.79 Å². The highest BCUT2D eigenvalue weighted by molar-refractivity contribution is 7.21. The summed E-state index contributed by atoms with van der Waals surface area (Å²) >= 11 is 1.35. The second-order valence-corrected chi connectivity index (χ2v) is 9.17. The van der Waals surface area contributed by atoms with E-state index in [0.717, 1.165) is 35.4 Å². The Morgan fingerprint density at radius 1 is 1.27 bits per heavy atom. The van der Waals surface area contributed by atoms with Crippen LogP contribution in [0, 0.1) is 6.92 Å². The number of benzene rings is 1. The molecular weight excluding hydrogens is 394 g/mol. The predicted molar refractivity (Wildman–Crippen MR) is 126 cm³/mol. The van der Waals surface area contributed by atoms with E-state index < -0.39 is 0 Å². The molecule has 4 rings (SSSR count). The third-order valence-electron chi connectivity index (χ3n) is 5.83. The summed E-state index contributed by atoms with van der Waals surface area (Å²) < 4.78 is 0. The molecule has 1 aromatic carbocycles. The zero-order valence-electron chi connectivity index (χ0n) is 17.8. The zero-order valence-corrected chi connectivity index (χ0v) is 18.6. The van der Waals surface area contributed by atoms with E-state index in [1.165, 1.54) is 29.0 Å². The van der Waals surface area contributed by atoms with E-state index in [2.05, 4.69) is 58.5 Å². The fraction of sp³-hybridized carbons (Fsp3) is 0.391. The summed E-state index contributed by atoms with van der Waals surface area (Å²) in [5, 5.41) is 3.85. The third-order valence-corrected chi connectivity index (χ3v) is 6.95. The molecule has 1 aliphatic rings. The van der Waals surface area contributed by atoms with Crippen LogP contribution in [0.4, 0.5) is 11.4 Å². The molecule has 1 unspecified atom stereocenters. The van der Waals surface area contributed by atoms with Gasteiger partial charge < -0.3 is 20.9 Å². The molecule has 158 valence electrons. The van der Waals surface area contributed by atoms with Crippen LogP contribution in [0.1, 0.15) is 27.3 Å². The number of pyridine rings is 1. The van der Waals surface area contributed by atoms with Gasteiger partial charge in [-0.05, 0) is 63.7 Å². The lowest BCUT2D eigenvalue weighted by molar-refractivity contribution is 0.0959. The van der Waals surface area contributed by atoms with Gasteiger partial charge in [0.1, 0.15) is 9.71 Å². The van der Waals surface area contributed by atoms with E-state index >= 15 is 0 Å². The predicted octanol–water partition coefficient (Wildman–Crippen LogP) is 3.30. The van der Waals surface area contributed by atoms with E-state index in [-0.39, 0.29) is 5.91 Å². The molecular formula is C23H29N5OS. The van der Waals surface area contributed by atoms with Crippen LogP contribution in [0.3, 0.4) is 0 Å². The molecule has 6 nitrogen and oxygen atoms in total. The lowest BCUT2D eigenvalue weighted by atomic mass is 10.1. The van der Waals surface area contributed by atoms with E-state index in [1.54, 1.807) is 0 Å². The standard InChI is InChI=1S/C23H29N5OS/c1-15-4-9-19-20(24)21(30-23(19)26-15)22(29)25-12-10-16-5-7-17(8-6-16)28-13-11-18(14-28)27(2)3/h4-9,18H,10-14,24H2,1-3H3,(H,25,29). The number of anilines is 2. The van der Waals surface area contributed by atoms with Crippen molar-refractivity contribution in [2.45, 2.75) is 25.8 Å². The summed E-state index contributed by atoms with van der Waals surface area (Å²) in [7, 11) is 4.30. The van der Waals surface area contributed by atoms with Gasteiger partial charge in [0.2, 0.25) is 0 Å². The molecule has 3 aromatic rings. The molecule has 1 fully saturated rings. The normalized spacial score (nSPS) is 16.5. The van der Waals surface area contributed by atoms with Gasteiger partial charge in [0.05, 0.1) is 5.69 Å². The Labute approximate surface area is 181 Å². The summed E-state index contributed by atoms with van der Waals surface area (Å²) in [6.45, 7) is 4.69. The number of nitrogens with zero attached hydrogens (tertiary/aromatic N) is 3. The third kappa shape index (κ3) is 4.27. The minimum absolute atomic E-state index is 0.128. The Morgan fingerprint density at radius 3 is 2.73 bits per heavy atom. The van der Waals surface area contributed by atoms with Crippen LogP contribution in [-0.2, 0) is 6.42 Å². The summed E-state index contributed by atoms with van der Waals surface area (Å²) in [4.78, 5) is 23.2. The van der Waals surface area contributed by atoms with Crippen LogP contribution in [0.2, 0.25) is 0 Å². The number of thiophene rings is 1. The minimum atomic E-state index is -0.128. The number of hydrogen-bond acceptors (Lipinski definition) is 6. The molecule has 1 amide bonds. The van der Waals surface area contributed by atoms with Crippen molar-refractivity contribution in [2.75, 3.05) is 44.4 Å². The Morgan fingerprint density at radius 2 is 2.03 bits per heavy atom. The Hall–Kier alpha value is -2.64. The second kappa shape index (κ2) is 8.62. The first-order chi connectivity index (χ1) is 14.4. The van der Waals surface area contributed by atoms with Crippen molar-refractivity contribution in [2.24, 2.45) is 0 Å². The molecule has 1 aliphatic heterocycles. The van der Waals surface area contributed by atoms with Gasteiger partial charge in [0.15, 0.2) is 0 Å². The lowest BCUT2D eigenvalue weighted by Gasteiger charge is -2.22. The molecule has 0 spiro atoms. The first kappa shape index (κ1) is 20.6. The molecule has 0 aliphatic carbocycles. The van der Waals surface area contributed by atoms with Gasteiger partial charge in [-0.15, -0.1) is 11.3 Å². The van der Waals surface area contributed by atoms with Crippen LogP contribution in [-0.4, -0.2) is 55.6 Å². The minimum Gasteiger partial charge on any atom is -0.397 e. The quantitative estimate of drug-likeness (QED) is 0.636. The summed E-state index contributed by atoms with van der Waals surface area (Å²) in [5.74, 6) is -0.128. The van der Waals surface area contributed by atoms with E-state index in [0.29, 0.717) is 23.2 Å². The average Bonchev–Trinajstić information content (AvgIpc) is 3.34. The number of nitrogens with one attached hydrogen (secondary N) is 1. The van der Waals surface area contributed by atoms with Gasteiger partial charge in [0.25, 0.3) is 5.91 Å². The largest absolute Gasteiger partial charge is 0.397 e. The van der Waals surface area contributed by atoms with E-state index in [1.807, 2.05) is 19.1 Å². The van der Waals surface area contributed by atoms with E-state index in [4.69, 9.17) is 5.73 Å². The molecule has 7 heteroatoms. The average molecular weight is 424 g/mol. The van der Waals surface area contributed by atoms with Crippen molar-refractivity contribution in [3.8, 4) is 0 Å². The molecule has 1 saturated heterocycles. The Bertz CT molecular complexity index is 1040. The van der Waals surface area contributed by atoms with Gasteiger partial charge in [-0.25, -0.2) is 4.98 Å². The Balaban J connectivity index is 1.32. The number of fused-ring (bicyclic) bond motifs is 1. The summed E-state index contributed by atoms with van der Waals surface area (Å²) in [6, 6.07) is 13.2. The van der Waals surface area contributed by atoms with Crippen LogP contribution >= 0.6 is 11.3 Å². The first-order valence-corrected chi connectivity index (χ1v) is 11.2. The fourth-order valence-electron chi connectivity index (χ4n) is 3.93. The molecule has 3 heterocycles. The van der Waals surface area contributed by atoms with Crippen molar-refractivity contribution in [3.63, 3.8) is 0 Å². The molecule has 0 radical (unpaired) electrons. The van der Waals surface area contributed by atoms with Crippen LogP contribution in [0.15, 0.2) is 36.4 Å². The molecule has 3 N–H and O–H groups in total. The SMILES string of the molecule is Cc1ccc2c(N)c(C(=O)NCCc3ccc(N4CCC(N(C)C)C4)cc3)sc2n1. The van der Waals surface area contributed by atoms with Gasteiger partial charge in [0, 0.05) is 42.4 Å². The van der Waals surface area contributed by atoms with Crippen molar-refractivity contribution in [1.29, 1.82) is 0 Å². The highest BCUT2D eigenvalue weighted by Crippen LogP contribution is 2.32. The summed E-state index contributed by atoms with van der Waals surface area (Å²) in [6.07, 6.45) is 1.99. The molecule has 2 aromatic heterocycles. The number of hydrogen-bond donors (Lipinski definition) is 2. The summed E-state index contributed by atoms with van der Waals surface area (Å²) in [5.41, 5.74) is 10.1. The van der Waals surface area contributed by atoms with Gasteiger partial charge in [-0.1, -0.05) is 12.1 Å². The maximum atomic E-state index is 12.6. The molecule has 1 atom stereocenters. The zero-order chi connectivity index (χ0) is 21.3. The fourth-order valence-corrected chi connectivity index (χ4v) is 4.99. The maximum Gasteiger partial charge on any atom is 0.263 e. The van der Waals surface area contributed by atoms with Crippen molar-refractivity contribution >= 4 is 38.8 Å². The second-order valence-electron chi connectivity index (χ2n) is 8.17. The van der Waals surface area contributed by atoms with Gasteiger partial charge in [-0.2, -0.15) is 0 Å². The molecule has 0 saturated carbocycles. The first-order valence-electron chi connectivity index (χ1n) is 10.4. The van der Waals surface area contributed by atoms with Crippen molar-refractivity contribution in [1.82, 2.24) is 15.2 Å². The number of amides is 1. The number of carbonyl (C=O) groups excluding carboxylic acids is 1. The monoisotopic (exact) mass is 423 g/mol. The van der Waals surface area contributed by atoms with Crippen LogP contribution in [0.25, 0.3) is 10.2 Å². The smallest absolute Gasteiger partial charge is 0.263 e. The lowest BCUT2D eigenvalue weighted by Crippen LogP contribution is -2.31. The van der Waals surface area contributed by atoms with Gasteiger partial charge >= 0.3 is 0 Å². The number of likely N-dealkylation sites (N-methyl/N-ethyl adjacent to an activating group) is 1. The Kier molecular flexibility index (Phi) is 5.92. The molecule has 30 heavy (non-hydrogen) atoms. The van der Waals surface area contributed by atoms with Crippen LogP contribution in [0.5, 0.6) is 0 Å². The highest BCUT2D eigenvalue weighted by atomic mass is 32.1. The highest BCUT2D eigenvalue weighted by Gasteiger charge is 2.24.